The first-order valence-corrected chi connectivity index (χ1v) is 12.0. The number of hydrogen-bond acceptors (Lipinski definition) is 5. The van der Waals surface area contributed by atoms with Crippen molar-refractivity contribution in [3.63, 3.8) is 0 Å². The van der Waals surface area contributed by atoms with Gasteiger partial charge in [-0.25, -0.2) is 4.98 Å². The number of hydrogen-bond donors (Lipinski definition) is 1. The standard InChI is InChI=1S/C23H33F2N3O2S/c1-21(2,3)19-26-15-9-6-10-23(29,17(15)31-19)12-11-22(4,5)16-14-8-7-13-30-18(14)28(27-16)20(24)25/h20,29H,6-13H2,1-5H3. The van der Waals surface area contributed by atoms with Crippen LogP contribution in [0.5, 0.6) is 5.88 Å². The molecule has 4 rings (SSSR count). The molecule has 2 aliphatic rings. The molecule has 31 heavy (non-hydrogen) atoms. The van der Waals surface area contributed by atoms with Gasteiger partial charge >= 0.3 is 6.55 Å². The van der Waals surface area contributed by atoms with Crippen LogP contribution in [0, 0.1) is 0 Å². The Morgan fingerprint density at radius 2 is 1.94 bits per heavy atom. The van der Waals surface area contributed by atoms with Crippen LogP contribution in [0.2, 0.25) is 0 Å². The molecule has 1 atom stereocenters. The highest BCUT2D eigenvalue weighted by Crippen LogP contribution is 2.47. The Hall–Kier alpha value is -1.54. The molecule has 0 fully saturated rings. The second-order valence-electron chi connectivity index (χ2n) is 10.6. The molecule has 1 aliphatic carbocycles. The minimum Gasteiger partial charge on any atom is -0.477 e. The van der Waals surface area contributed by atoms with Crippen molar-refractivity contribution >= 4 is 11.3 Å². The highest BCUT2D eigenvalue weighted by molar-refractivity contribution is 7.12. The molecule has 0 spiro atoms. The predicted octanol–water partition coefficient (Wildman–Crippen LogP) is 5.64. The number of alkyl halides is 2. The zero-order chi connectivity index (χ0) is 22.6. The maximum Gasteiger partial charge on any atom is 0.336 e. The Bertz CT molecular complexity index is 961. The molecule has 8 heteroatoms. The number of aromatic nitrogens is 3. The number of halogens is 2. The third kappa shape index (κ3) is 4.13. The van der Waals surface area contributed by atoms with Gasteiger partial charge in [0.15, 0.2) is 0 Å². The fourth-order valence-corrected chi connectivity index (χ4v) is 5.98. The van der Waals surface area contributed by atoms with Gasteiger partial charge in [0.05, 0.1) is 27.9 Å². The van der Waals surface area contributed by atoms with Crippen molar-refractivity contribution in [2.24, 2.45) is 0 Å². The van der Waals surface area contributed by atoms with Crippen molar-refractivity contribution in [1.29, 1.82) is 0 Å². The van der Waals surface area contributed by atoms with E-state index in [-0.39, 0.29) is 11.3 Å². The number of nitrogens with zero attached hydrogens (tertiary/aromatic N) is 3. The average Bonchev–Trinajstić information content (AvgIpc) is 3.30. The lowest BCUT2D eigenvalue weighted by molar-refractivity contribution is 0.00628. The second-order valence-corrected chi connectivity index (χ2v) is 11.6. The van der Waals surface area contributed by atoms with E-state index >= 15 is 0 Å². The Kier molecular flexibility index (Phi) is 5.70. The van der Waals surface area contributed by atoms with Gasteiger partial charge in [0.1, 0.15) is 5.60 Å². The fraction of sp³-hybridized carbons (Fsp3) is 0.739. The van der Waals surface area contributed by atoms with Crippen LogP contribution in [0.25, 0.3) is 0 Å². The van der Waals surface area contributed by atoms with Gasteiger partial charge in [-0.3, -0.25) is 0 Å². The summed E-state index contributed by atoms with van der Waals surface area (Å²) in [6, 6.07) is 0. The van der Waals surface area contributed by atoms with Gasteiger partial charge in [0, 0.05) is 16.4 Å². The molecule has 0 amide bonds. The Morgan fingerprint density at radius 1 is 1.19 bits per heavy atom. The topological polar surface area (TPSA) is 60.2 Å². The molecule has 2 aromatic heterocycles. The number of aryl methyl sites for hydroxylation is 1. The van der Waals surface area contributed by atoms with Crippen molar-refractivity contribution in [1.82, 2.24) is 14.8 Å². The summed E-state index contributed by atoms with van der Waals surface area (Å²) in [5.74, 6) is 0.209. The summed E-state index contributed by atoms with van der Waals surface area (Å²) in [4.78, 5) is 5.83. The van der Waals surface area contributed by atoms with Crippen LogP contribution in [-0.2, 0) is 29.3 Å². The highest BCUT2D eigenvalue weighted by Gasteiger charge is 2.41. The van der Waals surface area contributed by atoms with Crippen molar-refractivity contribution in [2.75, 3.05) is 6.61 Å². The maximum absolute atomic E-state index is 13.5. The minimum atomic E-state index is -2.73. The van der Waals surface area contributed by atoms with Gasteiger partial charge in [-0.15, -0.1) is 11.3 Å². The predicted molar refractivity (Wildman–Crippen MR) is 117 cm³/mol. The van der Waals surface area contributed by atoms with E-state index in [1.165, 1.54) is 0 Å². The first kappa shape index (κ1) is 22.6. The molecule has 0 saturated carbocycles. The van der Waals surface area contributed by atoms with Gasteiger partial charge in [-0.1, -0.05) is 34.6 Å². The van der Waals surface area contributed by atoms with Gasteiger partial charge in [-0.2, -0.15) is 18.6 Å². The zero-order valence-electron chi connectivity index (χ0n) is 19.1. The van der Waals surface area contributed by atoms with E-state index in [4.69, 9.17) is 9.72 Å². The highest BCUT2D eigenvalue weighted by atomic mass is 32.1. The summed E-state index contributed by atoms with van der Waals surface area (Å²) in [7, 11) is 0. The summed E-state index contributed by atoms with van der Waals surface area (Å²) < 4.78 is 33.3. The van der Waals surface area contributed by atoms with Gasteiger partial charge in [-0.05, 0) is 44.9 Å². The molecular weight excluding hydrogens is 420 g/mol. The molecule has 0 bridgehead atoms. The van der Waals surface area contributed by atoms with Crippen LogP contribution in [0.1, 0.15) is 100 Å². The van der Waals surface area contributed by atoms with E-state index < -0.39 is 17.6 Å². The molecule has 1 unspecified atom stereocenters. The van der Waals surface area contributed by atoms with E-state index in [1.807, 2.05) is 13.8 Å². The lowest BCUT2D eigenvalue weighted by Crippen LogP contribution is -2.32. The van der Waals surface area contributed by atoms with E-state index in [1.54, 1.807) is 11.3 Å². The third-order valence-corrected chi connectivity index (χ3v) is 8.24. The number of ether oxygens (including phenoxy) is 1. The molecule has 0 radical (unpaired) electrons. The van der Waals surface area contributed by atoms with Crippen LogP contribution in [0.4, 0.5) is 8.78 Å². The van der Waals surface area contributed by atoms with E-state index in [0.717, 1.165) is 45.1 Å². The number of aliphatic hydroxyl groups is 1. The second kappa shape index (κ2) is 7.80. The largest absolute Gasteiger partial charge is 0.477 e. The summed E-state index contributed by atoms with van der Waals surface area (Å²) in [6.45, 7) is 8.20. The summed E-state index contributed by atoms with van der Waals surface area (Å²) in [5, 5.41) is 17.0. The maximum atomic E-state index is 13.5. The van der Waals surface area contributed by atoms with Crippen molar-refractivity contribution < 1.29 is 18.6 Å². The summed E-state index contributed by atoms with van der Waals surface area (Å²) in [6.07, 6.45) is 5.19. The first-order valence-electron chi connectivity index (χ1n) is 11.2. The van der Waals surface area contributed by atoms with Crippen LogP contribution < -0.4 is 4.74 Å². The van der Waals surface area contributed by atoms with Crippen molar-refractivity contribution in [2.45, 2.75) is 103 Å². The van der Waals surface area contributed by atoms with Gasteiger partial charge in [0.2, 0.25) is 5.88 Å². The van der Waals surface area contributed by atoms with Crippen LogP contribution in [0.3, 0.4) is 0 Å². The monoisotopic (exact) mass is 453 g/mol. The summed E-state index contributed by atoms with van der Waals surface area (Å²) >= 11 is 1.63. The molecular formula is C23H33F2N3O2S. The fourth-order valence-electron chi connectivity index (χ4n) is 4.67. The molecule has 2 aromatic rings. The SMILES string of the molecule is CC(C)(C)c1nc2c(s1)C(O)(CCC(C)(C)c1nn(C(F)F)c3c1CCCO3)CCC2. The van der Waals surface area contributed by atoms with Crippen molar-refractivity contribution in [3.8, 4) is 5.88 Å². The first-order chi connectivity index (χ1) is 14.4. The quantitative estimate of drug-likeness (QED) is 0.637. The van der Waals surface area contributed by atoms with Gasteiger partial charge in [0.25, 0.3) is 0 Å². The Morgan fingerprint density at radius 3 is 2.61 bits per heavy atom. The molecule has 3 heterocycles. The molecule has 1 aliphatic heterocycles. The average molecular weight is 454 g/mol. The number of rotatable bonds is 5. The number of thiazole rings is 1. The molecule has 5 nitrogen and oxygen atoms in total. The Balaban J connectivity index is 1.61. The minimum absolute atomic E-state index is 0.0522. The molecule has 0 saturated heterocycles. The third-order valence-electron chi connectivity index (χ3n) is 6.52. The van der Waals surface area contributed by atoms with Crippen LogP contribution in [-0.4, -0.2) is 26.5 Å². The van der Waals surface area contributed by atoms with Crippen LogP contribution in [0.15, 0.2) is 0 Å². The molecule has 0 aromatic carbocycles. The van der Waals surface area contributed by atoms with E-state index in [2.05, 4.69) is 25.9 Å². The number of fused-ring (bicyclic) bond motifs is 2. The molecule has 172 valence electrons. The lowest BCUT2D eigenvalue weighted by Gasteiger charge is -2.35. The zero-order valence-corrected chi connectivity index (χ0v) is 19.9. The summed E-state index contributed by atoms with van der Waals surface area (Å²) in [5.41, 5.74) is 1.05. The smallest absolute Gasteiger partial charge is 0.336 e. The van der Waals surface area contributed by atoms with E-state index in [0.29, 0.717) is 38.0 Å². The van der Waals surface area contributed by atoms with E-state index in [9.17, 15) is 13.9 Å². The van der Waals surface area contributed by atoms with Crippen LogP contribution >= 0.6 is 11.3 Å². The van der Waals surface area contributed by atoms with Gasteiger partial charge < -0.3 is 9.84 Å². The lowest BCUT2D eigenvalue weighted by atomic mass is 9.75. The normalized spacial score (nSPS) is 21.7. The Labute approximate surface area is 186 Å². The van der Waals surface area contributed by atoms with Crippen molar-refractivity contribution in [3.05, 3.63) is 26.8 Å². The molecule has 1 N–H and O–H groups in total.